The molecule has 0 saturated heterocycles. The van der Waals surface area contributed by atoms with E-state index in [-0.39, 0.29) is 31.9 Å². The molecule has 0 aromatic rings. The van der Waals surface area contributed by atoms with Gasteiger partial charge >= 0.3 is 0 Å². The van der Waals surface area contributed by atoms with Gasteiger partial charge in [0.2, 0.25) is 0 Å². The summed E-state index contributed by atoms with van der Waals surface area (Å²) in [6.45, 7) is 3.87. The van der Waals surface area contributed by atoms with E-state index in [1.165, 1.54) is 0 Å². The summed E-state index contributed by atoms with van der Waals surface area (Å²) in [5.74, 6) is 0. The molecule has 0 aromatic carbocycles. The van der Waals surface area contributed by atoms with E-state index in [0.717, 1.165) is 12.8 Å². The molecule has 2 heteroatoms. The summed E-state index contributed by atoms with van der Waals surface area (Å²) >= 11 is 0. The monoisotopic (exact) mass is 268 g/mol. The maximum Gasteiger partial charge on any atom is 0.0512 e. The number of hydrogen-bond acceptors (Lipinski definition) is 1. The van der Waals surface area contributed by atoms with Gasteiger partial charge in [-0.3, -0.25) is 0 Å². The molecule has 42 valence electrons. The molecule has 1 unspecified atom stereocenters. The van der Waals surface area contributed by atoms with Crippen molar-refractivity contribution in [2.45, 2.75) is 32.8 Å². The fourth-order valence-corrected chi connectivity index (χ4v) is 0.418. The standard InChI is InChI=1S/C5H12O.Hf/c1-3-4-5(2)6;/h5-6H,3-4H2,1-2H3;. The Balaban J connectivity index is 0. The van der Waals surface area contributed by atoms with Gasteiger partial charge in [0.05, 0.1) is 6.10 Å². The molecule has 0 radical (unpaired) electrons. The van der Waals surface area contributed by atoms with Crippen LogP contribution in [0.3, 0.4) is 0 Å². The van der Waals surface area contributed by atoms with Crippen molar-refractivity contribution in [3.8, 4) is 0 Å². The van der Waals surface area contributed by atoms with Gasteiger partial charge in [-0.25, -0.2) is 0 Å². The van der Waals surface area contributed by atoms with Crippen molar-refractivity contribution in [1.82, 2.24) is 0 Å². The van der Waals surface area contributed by atoms with E-state index in [2.05, 4.69) is 6.92 Å². The van der Waals surface area contributed by atoms with E-state index < -0.39 is 0 Å². The summed E-state index contributed by atoms with van der Waals surface area (Å²) in [5, 5.41) is 8.55. The summed E-state index contributed by atoms with van der Waals surface area (Å²) in [7, 11) is 0. The van der Waals surface area contributed by atoms with Gasteiger partial charge in [0.15, 0.2) is 0 Å². The quantitative estimate of drug-likeness (QED) is 0.744. The largest absolute Gasteiger partial charge is 0.393 e. The Morgan fingerprint density at radius 1 is 1.57 bits per heavy atom. The van der Waals surface area contributed by atoms with Crippen LogP contribution in [0.15, 0.2) is 0 Å². The molecule has 0 aliphatic heterocycles. The zero-order chi connectivity index (χ0) is 4.99. The Morgan fingerprint density at radius 2 is 2.00 bits per heavy atom. The molecular formula is C5H12HfO. The molecule has 0 saturated carbocycles. The fraction of sp³-hybridized carbons (Fsp3) is 1.00. The normalized spacial score (nSPS) is 12.4. The first-order chi connectivity index (χ1) is 2.77. The third-order valence-electron chi connectivity index (χ3n) is 0.706. The Bertz CT molecular complexity index is 29.3. The molecule has 0 bridgehead atoms. The third-order valence-corrected chi connectivity index (χ3v) is 0.706. The Kier molecular flexibility index (Phi) is 10.5. The van der Waals surface area contributed by atoms with Gasteiger partial charge in [0, 0.05) is 25.8 Å². The van der Waals surface area contributed by atoms with E-state index in [1.54, 1.807) is 0 Å². The predicted molar refractivity (Wildman–Crippen MR) is 26.6 cm³/mol. The summed E-state index contributed by atoms with van der Waals surface area (Å²) in [4.78, 5) is 0. The first-order valence-electron chi connectivity index (χ1n) is 2.45. The molecule has 0 aliphatic rings. The van der Waals surface area contributed by atoms with Crippen LogP contribution in [-0.4, -0.2) is 11.2 Å². The number of hydrogen-bond donors (Lipinski definition) is 1. The summed E-state index contributed by atoms with van der Waals surface area (Å²) in [6, 6.07) is 0. The van der Waals surface area contributed by atoms with Crippen molar-refractivity contribution >= 4 is 0 Å². The second kappa shape index (κ2) is 6.83. The van der Waals surface area contributed by atoms with Gasteiger partial charge in [-0.1, -0.05) is 13.3 Å². The number of aliphatic hydroxyl groups is 1. The minimum Gasteiger partial charge on any atom is -0.393 e. The predicted octanol–water partition coefficient (Wildman–Crippen LogP) is 1.16. The maximum atomic E-state index is 8.55. The van der Waals surface area contributed by atoms with Crippen molar-refractivity contribution in [2.75, 3.05) is 0 Å². The van der Waals surface area contributed by atoms with Crippen LogP contribution in [-0.2, 0) is 25.8 Å². The van der Waals surface area contributed by atoms with Gasteiger partial charge in [0.1, 0.15) is 0 Å². The Hall–Kier alpha value is 0.830. The van der Waals surface area contributed by atoms with Gasteiger partial charge in [0.25, 0.3) is 0 Å². The van der Waals surface area contributed by atoms with E-state index in [1.807, 2.05) is 6.92 Å². The number of aliphatic hydroxyl groups excluding tert-OH is 1. The molecule has 0 heterocycles. The summed E-state index contributed by atoms with van der Waals surface area (Å²) in [6.07, 6.45) is 1.91. The van der Waals surface area contributed by atoms with Crippen LogP contribution in [0.25, 0.3) is 0 Å². The molecule has 1 atom stereocenters. The van der Waals surface area contributed by atoms with Gasteiger partial charge < -0.3 is 5.11 Å². The number of rotatable bonds is 2. The molecular weight excluding hydrogens is 255 g/mol. The van der Waals surface area contributed by atoms with E-state index in [4.69, 9.17) is 5.11 Å². The van der Waals surface area contributed by atoms with Gasteiger partial charge in [-0.05, 0) is 13.3 Å². The molecule has 0 rings (SSSR count). The SMILES string of the molecule is CCCC(C)O.[Hf]. The molecule has 0 aromatic heterocycles. The van der Waals surface area contributed by atoms with Crippen molar-refractivity contribution in [3.63, 3.8) is 0 Å². The minimum atomic E-state index is -0.102. The first-order valence-corrected chi connectivity index (χ1v) is 2.45. The minimum absolute atomic E-state index is 0. The van der Waals surface area contributed by atoms with Crippen LogP contribution in [0, 0.1) is 0 Å². The van der Waals surface area contributed by atoms with Crippen molar-refractivity contribution in [3.05, 3.63) is 0 Å². The van der Waals surface area contributed by atoms with Crippen LogP contribution >= 0.6 is 0 Å². The van der Waals surface area contributed by atoms with Gasteiger partial charge in [-0.2, -0.15) is 0 Å². The third kappa shape index (κ3) is 10.9. The Labute approximate surface area is 63.9 Å². The van der Waals surface area contributed by atoms with Crippen LogP contribution in [0.2, 0.25) is 0 Å². The molecule has 0 amide bonds. The molecule has 0 aliphatic carbocycles. The molecule has 1 N–H and O–H groups in total. The van der Waals surface area contributed by atoms with Crippen LogP contribution in [0.5, 0.6) is 0 Å². The van der Waals surface area contributed by atoms with E-state index in [9.17, 15) is 0 Å². The van der Waals surface area contributed by atoms with Crippen molar-refractivity contribution < 1.29 is 30.9 Å². The average molecular weight is 267 g/mol. The van der Waals surface area contributed by atoms with Crippen molar-refractivity contribution in [1.29, 1.82) is 0 Å². The summed E-state index contributed by atoms with van der Waals surface area (Å²) in [5.41, 5.74) is 0. The van der Waals surface area contributed by atoms with E-state index in [0.29, 0.717) is 0 Å². The van der Waals surface area contributed by atoms with Gasteiger partial charge in [-0.15, -0.1) is 0 Å². The van der Waals surface area contributed by atoms with Crippen molar-refractivity contribution in [2.24, 2.45) is 0 Å². The second-order valence-corrected chi connectivity index (χ2v) is 1.64. The Morgan fingerprint density at radius 3 is 2.00 bits per heavy atom. The molecule has 0 spiro atoms. The maximum absolute atomic E-state index is 8.55. The van der Waals surface area contributed by atoms with E-state index >= 15 is 0 Å². The molecule has 7 heavy (non-hydrogen) atoms. The first kappa shape index (κ1) is 10.7. The summed E-state index contributed by atoms with van der Waals surface area (Å²) < 4.78 is 0. The fourth-order valence-electron chi connectivity index (χ4n) is 0.418. The van der Waals surface area contributed by atoms with Crippen LogP contribution < -0.4 is 0 Å². The average Bonchev–Trinajstić information content (AvgIpc) is 1.35. The molecule has 0 fully saturated rings. The van der Waals surface area contributed by atoms with Crippen LogP contribution in [0.4, 0.5) is 0 Å². The van der Waals surface area contributed by atoms with Crippen LogP contribution in [0.1, 0.15) is 26.7 Å². The topological polar surface area (TPSA) is 20.2 Å². The smallest absolute Gasteiger partial charge is 0.0512 e. The second-order valence-electron chi connectivity index (χ2n) is 1.64. The zero-order valence-corrected chi connectivity index (χ0v) is 8.53. The molecule has 1 nitrogen and oxygen atoms in total. The zero-order valence-electron chi connectivity index (χ0n) is 4.94.